The second-order valence-corrected chi connectivity index (χ2v) is 5.19. The van der Waals surface area contributed by atoms with Gasteiger partial charge in [0.05, 0.1) is 0 Å². The molecule has 1 aromatic heterocycles. The minimum absolute atomic E-state index is 0.143. The number of fused-ring (bicyclic) bond motifs is 1. The number of hydrogen-bond donors (Lipinski definition) is 2. The highest BCUT2D eigenvalue weighted by Crippen LogP contribution is 2.22. The Morgan fingerprint density at radius 2 is 2.05 bits per heavy atom. The van der Waals surface area contributed by atoms with Crippen LogP contribution in [0, 0.1) is 0 Å². The van der Waals surface area contributed by atoms with Gasteiger partial charge < -0.3 is 15.2 Å². The monoisotopic (exact) mass is 283 g/mol. The lowest BCUT2D eigenvalue weighted by Gasteiger charge is -2.33. The lowest BCUT2D eigenvalue weighted by molar-refractivity contribution is -0.140. The zero-order valence-corrected chi connectivity index (χ0v) is 12.0. The van der Waals surface area contributed by atoms with Gasteiger partial charge in [-0.1, -0.05) is 24.3 Å². The van der Waals surface area contributed by atoms with Crippen molar-refractivity contribution in [2.24, 2.45) is 0 Å². The van der Waals surface area contributed by atoms with Crippen molar-refractivity contribution in [3.05, 3.63) is 47.8 Å². The number of H-pyrrole nitrogens is 1. The molecule has 0 bridgehead atoms. The molecule has 1 aliphatic heterocycles. The molecule has 0 saturated carbocycles. The van der Waals surface area contributed by atoms with Crippen LogP contribution in [0.15, 0.2) is 42.2 Å². The fourth-order valence-corrected chi connectivity index (χ4v) is 2.71. The smallest absolute Gasteiger partial charge is 0.270 e. The van der Waals surface area contributed by atoms with Crippen LogP contribution in [0.1, 0.15) is 12.5 Å². The minimum atomic E-state index is -0.486. The number of carbonyl (C=O) groups excluding carboxylic acids is 2. The molecule has 1 aliphatic rings. The number of benzene rings is 1. The van der Waals surface area contributed by atoms with Crippen molar-refractivity contribution in [1.29, 1.82) is 0 Å². The molecule has 1 atom stereocenters. The molecule has 5 nitrogen and oxygen atoms in total. The number of hydrogen-bond acceptors (Lipinski definition) is 2. The number of likely N-dealkylation sites (N-methyl/N-ethyl adjacent to an activating group) is 1. The summed E-state index contributed by atoms with van der Waals surface area (Å²) in [6.45, 7) is 1.74. The van der Waals surface area contributed by atoms with Crippen LogP contribution >= 0.6 is 0 Å². The Balaban J connectivity index is 1.91. The van der Waals surface area contributed by atoms with E-state index in [9.17, 15) is 9.59 Å². The van der Waals surface area contributed by atoms with Gasteiger partial charge in [0.2, 0.25) is 5.91 Å². The van der Waals surface area contributed by atoms with Crippen molar-refractivity contribution in [1.82, 2.24) is 15.2 Å². The predicted octanol–water partition coefficient (Wildman–Crippen LogP) is 1.57. The molecule has 2 amide bonds. The quantitative estimate of drug-likeness (QED) is 0.822. The fraction of sp³-hybridized carbons (Fsp3) is 0.250. The van der Waals surface area contributed by atoms with E-state index >= 15 is 0 Å². The van der Waals surface area contributed by atoms with Gasteiger partial charge in [-0.25, -0.2) is 0 Å². The molecule has 5 heteroatoms. The average Bonchev–Trinajstić information content (AvgIpc) is 2.90. The summed E-state index contributed by atoms with van der Waals surface area (Å²) in [6, 6.07) is 7.45. The van der Waals surface area contributed by atoms with Gasteiger partial charge in [-0.3, -0.25) is 9.59 Å². The first-order valence-corrected chi connectivity index (χ1v) is 6.91. The third-order valence-corrected chi connectivity index (χ3v) is 3.96. The molecule has 1 fully saturated rings. The van der Waals surface area contributed by atoms with E-state index in [1.165, 1.54) is 4.90 Å². The maximum Gasteiger partial charge on any atom is 0.270 e. The standard InChI is InChI=1S/C16H17N3O2/c1-3-12-16(21)19(2)14(15(20)18-12)8-10-9-17-13-7-5-4-6-11(10)13/h3-7,9,14,17H,8H2,1-2H3,(H,18,20)/b12-3-. The largest absolute Gasteiger partial charge is 0.361 e. The Kier molecular flexibility index (Phi) is 3.25. The number of amides is 2. The molecular weight excluding hydrogens is 266 g/mol. The second-order valence-electron chi connectivity index (χ2n) is 5.19. The normalized spacial score (nSPS) is 21.1. The van der Waals surface area contributed by atoms with Gasteiger partial charge in [-0.15, -0.1) is 0 Å². The fourth-order valence-electron chi connectivity index (χ4n) is 2.71. The van der Waals surface area contributed by atoms with E-state index < -0.39 is 6.04 Å². The van der Waals surface area contributed by atoms with E-state index in [4.69, 9.17) is 0 Å². The lowest BCUT2D eigenvalue weighted by atomic mass is 10.0. The second kappa shape index (κ2) is 5.09. The number of aromatic amines is 1. The van der Waals surface area contributed by atoms with E-state index in [1.807, 2.05) is 30.5 Å². The van der Waals surface area contributed by atoms with E-state index in [2.05, 4.69) is 10.3 Å². The van der Waals surface area contributed by atoms with Crippen molar-refractivity contribution in [2.75, 3.05) is 7.05 Å². The van der Waals surface area contributed by atoms with Crippen LogP contribution in [0.5, 0.6) is 0 Å². The highest BCUT2D eigenvalue weighted by molar-refractivity contribution is 6.04. The maximum atomic E-state index is 12.2. The number of aromatic nitrogens is 1. The van der Waals surface area contributed by atoms with Crippen LogP contribution in [-0.4, -0.2) is 34.8 Å². The molecule has 21 heavy (non-hydrogen) atoms. The SMILES string of the molecule is C/C=C1\NC(=O)C(Cc2c[nH]c3ccccc23)N(C)C1=O. The molecule has 0 radical (unpaired) electrons. The third-order valence-electron chi connectivity index (χ3n) is 3.96. The van der Waals surface area contributed by atoms with E-state index in [0.717, 1.165) is 16.5 Å². The van der Waals surface area contributed by atoms with Crippen LogP contribution in [0.2, 0.25) is 0 Å². The highest BCUT2D eigenvalue weighted by Gasteiger charge is 2.35. The summed E-state index contributed by atoms with van der Waals surface area (Å²) in [5.41, 5.74) is 2.42. The number of rotatable bonds is 2. The van der Waals surface area contributed by atoms with Crippen LogP contribution in [0.25, 0.3) is 10.9 Å². The Morgan fingerprint density at radius 1 is 1.29 bits per heavy atom. The summed E-state index contributed by atoms with van der Waals surface area (Å²) in [4.78, 5) is 29.1. The zero-order chi connectivity index (χ0) is 15.0. The molecule has 1 saturated heterocycles. The molecule has 108 valence electrons. The summed E-state index contributed by atoms with van der Waals surface area (Å²) in [7, 11) is 1.67. The number of nitrogens with zero attached hydrogens (tertiary/aromatic N) is 1. The van der Waals surface area contributed by atoms with Crippen LogP contribution in [0.4, 0.5) is 0 Å². The number of allylic oxidation sites excluding steroid dienone is 1. The number of piperazine rings is 1. The summed E-state index contributed by atoms with van der Waals surface area (Å²) in [5, 5.41) is 3.76. The van der Waals surface area contributed by atoms with E-state index in [0.29, 0.717) is 12.1 Å². The Hall–Kier alpha value is -2.56. The minimum Gasteiger partial charge on any atom is -0.361 e. The first-order valence-electron chi connectivity index (χ1n) is 6.91. The lowest BCUT2D eigenvalue weighted by Crippen LogP contribution is -2.56. The topological polar surface area (TPSA) is 65.2 Å². The summed E-state index contributed by atoms with van der Waals surface area (Å²) >= 11 is 0. The molecule has 1 aromatic carbocycles. The van der Waals surface area contributed by atoms with Gasteiger partial charge in [-0.2, -0.15) is 0 Å². The van der Waals surface area contributed by atoms with Gasteiger partial charge in [0.1, 0.15) is 11.7 Å². The van der Waals surface area contributed by atoms with Gasteiger partial charge in [0.25, 0.3) is 5.91 Å². The molecule has 3 rings (SSSR count). The molecule has 2 aromatic rings. The Bertz CT molecular complexity index is 745. The van der Waals surface area contributed by atoms with Crippen molar-refractivity contribution >= 4 is 22.7 Å². The van der Waals surface area contributed by atoms with Crippen molar-refractivity contribution in [3.63, 3.8) is 0 Å². The summed E-state index contributed by atoms with van der Waals surface area (Å²) in [6.07, 6.45) is 4.02. The Morgan fingerprint density at radius 3 is 2.81 bits per heavy atom. The third kappa shape index (κ3) is 2.20. The van der Waals surface area contributed by atoms with Crippen molar-refractivity contribution < 1.29 is 9.59 Å². The number of carbonyl (C=O) groups is 2. The van der Waals surface area contributed by atoms with Crippen molar-refractivity contribution in [2.45, 2.75) is 19.4 Å². The molecule has 2 heterocycles. The summed E-state index contributed by atoms with van der Waals surface area (Å²) in [5.74, 6) is -0.294. The van der Waals surface area contributed by atoms with Crippen LogP contribution in [-0.2, 0) is 16.0 Å². The predicted molar refractivity (Wildman–Crippen MR) is 80.5 cm³/mol. The molecular formula is C16H17N3O2. The van der Waals surface area contributed by atoms with Crippen LogP contribution in [0.3, 0.4) is 0 Å². The van der Waals surface area contributed by atoms with Crippen molar-refractivity contribution in [3.8, 4) is 0 Å². The Labute approximate surface area is 122 Å². The van der Waals surface area contributed by atoms with Crippen LogP contribution < -0.4 is 5.32 Å². The zero-order valence-electron chi connectivity index (χ0n) is 12.0. The van der Waals surface area contributed by atoms with E-state index in [-0.39, 0.29) is 11.8 Å². The van der Waals surface area contributed by atoms with Gasteiger partial charge in [0.15, 0.2) is 0 Å². The molecule has 1 unspecified atom stereocenters. The van der Waals surface area contributed by atoms with Gasteiger partial charge >= 0.3 is 0 Å². The van der Waals surface area contributed by atoms with E-state index in [1.54, 1.807) is 20.0 Å². The highest BCUT2D eigenvalue weighted by atomic mass is 16.2. The number of nitrogens with one attached hydrogen (secondary N) is 2. The van der Waals surface area contributed by atoms with Gasteiger partial charge in [-0.05, 0) is 18.6 Å². The first kappa shape index (κ1) is 13.4. The molecule has 0 spiro atoms. The first-order chi connectivity index (χ1) is 10.1. The number of para-hydroxylation sites is 1. The molecule has 2 N–H and O–H groups in total. The van der Waals surface area contributed by atoms with Gasteiger partial charge in [0, 0.05) is 30.6 Å². The molecule has 0 aliphatic carbocycles. The average molecular weight is 283 g/mol. The summed E-state index contributed by atoms with van der Waals surface area (Å²) < 4.78 is 0. The maximum absolute atomic E-state index is 12.2.